The standard InChI is InChI=1S/C11H17N3O4/c1-3-13-6-4-10(16)14(11(13)17)8-9(15)12-5-7-18-2/h4,6H,3,5,7-8H2,1-2H3,(H,12,15). The molecular weight excluding hydrogens is 238 g/mol. The zero-order valence-electron chi connectivity index (χ0n) is 10.5. The average Bonchev–Trinajstić information content (AvgIpc) is 2.35. The molecule has 1 aromatic heterocycles. The number of carbonyl (C=O) groups is 1. The monoisotopic (exact) mass is 255 g/mol. The van der Waals surface area contributed by atoms with Gasteiger partial charge in [0.05, 0.1) is 6.61 Å². The lowest BCUT2D eigenvalue weighted by Crippen LogP contribution is -2.43. The zero-order chi connectivity index (χ0) is 13.5. The van der Waals surface area contributed by atoms with E-state index in [4.69, 9.17) is 4.74 Å². The largest absolute Gasteiger partial charge is 0.383 e. The highest BCUT2D eigenvalue weighted by molar-refractivity contribution is 5.75. The maximum absolute atomic E-state index is 11.8. The predicted octanol–water partition coefficient (Wildman–Crippen LogP) is -1.21. The molecule has 1 amide bonds. The van der Waals surface area contributed by atoms with Gasteiger partial charge in [-0.1, -0.05) is 0 Å². The minimum Gasteiger partial charge on any atom is -0.383 e. The Morgan fingerprint density at radius 2 is 2.17 bits per heavy atom. The van der Waals surface area contributed by atoms with Gasteiger partial charge in [0.2, 0.25) is 5.91 Å². The van der Waals surface area contributed by atoms with Gasteiger partial charge >= 0.3 is 5.69 Å². The number of ether oxygens (including phenoxy) is 1. The lowest BCUT2D eigenvalue weighted by Gasteiger charge is -2.08. The average molecular weight is 255 g/mol. The van der Waals surface area contributed by atoms with Crippen LogP contribution >= 0.6 is 0 Å². The van der Waals surface area contributed by atoms with Gasteiger partial charge < -0.3 is 14.6 Å². The van der Waals surface area contributed by atoms with Gasteiger partial charge in [0.25, 0.3) is 5.56 Å². The van der Waals surface area contributed by atoms with Gasteiger partial charge in [0.1, 0.15) is 6.54 Å². The van der Waals surface area contributed by atoms with E-state index in [2.05, 4.69) is 5.32 Å². The van der Waals surface area contributed by atoms with Crippen LogP contribution in [-0.2, 0) is 22.6 Å². The summed E-state index contributed by atoms with van der Waals surface area (Å²) in [6.07, 6.45) is 1.42. The van der Waals surface area contributed by atoms with Crippen LogP contribution in [0.3, 0.4) is 0 Å². The van der Waals surface area contributed by atoms with Crippen molar-refractivity contribution >= 4 is 5.91 Å². The summed E-state index contributed by atoms with van der Waals surface area (Å²) in [5, 5.41) is 2.55. The summed E-state index contributed by atoms with van der Waals surface area (Å²) >= 11 is 0. The van der Waals surface area contributed by atoms with E-state index in [1.165, 1.54) is 23.9 Å². The highest BCUT2D eigenvalue weighted by atomic mass is 16.5. The fraction of sp³-hybridized carbons (Fsp3) is 0.545. The van der Waals surface area contributed by atoms with Crippen LogP contribution in [0.15, 0.2) is 21.9 Å². The first-order valence-electron chi connectivity index (χ1n) is 5.66. The number of carbonyl (C=O) groups excluding carboxylic acids is 1. The number of amides is 1. The number of nitrogens with one attached hydrogen (secondary N) is 1. The Kier molecular flexibility index (Phi) is 5.31. The van der Waals surface area contributed by atoms with Gasteiger partial charge in [0, 0.05) is 32.5 Å². The van der Waals surface area contributed by atoms with Crippen molar-refractivity contribution in [3.63, 3.8) is 0 Å². The molecule has 0 unspecified atom stereocenters. The van der Waals surface area contributed by atoms with Crippen molar-refractivity contribution in [1.29, 1.82) is 0 Å². The van der Waals surface area contributed by atoms with Crippen LogP contribution < -0.4 is 16.6 Å². The quantitative estimate of drug-likeness (QED) is 0.647. The molecule has 0 aliphatic carbocycles. The van der Waals surface area contributed by atoms with Gasteiger partial charge in [-0.05, 0) is 6.92 Å². The number of aryl methyl sites for hydroxylation is 1. The van der Waals surface area contributed by atoms with Crippen molar-refractivity contribution in [3.8, 4) is 0 Å². The van der Waals surface area contributed by atoms with Crippen molar-refractivity contribution in [2.75, 3.05) is 20.3 Å². The Morgan fingerprint density at radius 1 is 1.44 bits per heavy atom. The number of hydrogen-bond donors (Lipinski definition) is 1. The molecular formula is C11H17N3O4. The Balaban J connectivity index is 2.81. The topological polar surface area (TPSA) is 82.3 Å². The van der Waals surface area contributed by atoms with Crippen LogP contribution in [0, 0.1) is 0 Å². The summed E-state index contributed by atoms with van der Waals surface area (Å²) < 4.78 is 7.05. The van der Waals surface area contributed by atoms with E-state index >= 15 is 0 Å². The normalized spacial score (nSPS) is 10.3. The first kappa shape index (κ1) is 14.2. The van der Waals surface area contributed by atoms with Crippen LogP contribution in [-0.4, -0.2) is 35.3 Å². The third-order valence-electron chi connectivity index (χ3n) is 2.41. The molecule has 1 N–H and O–H groups in total. The number of rotatable bonds is 6. The molecule has 0 aromatic carbocycles. The lowest BCUT2D eigenvalue weighted by atomic mass is 10.5. The third kappa shape index (κ3) is 3.56. The Bertz CT molecular complexity index is 518. The number of aromatic nitrogens is 2. The molecule has 18 heavy (non-hydrogen) atoms. The zero-order valence-corrected chi connectivity index (χ0v) is 10.5. The van der Waals surface area contributed by atoms with E-state index in [0.29, 0.717) is 19.7 Å². The van der Waals surface area contributed by atoms with Crippen LogP contribution in [0.5, 0.6) is 0 Å². The Labute approximate surface area is 104 Å². The smallest absolute Gasteiger partial charge is 0.331 e. The molecule has 7 heteroatoms. The maximum Gasteiger partial charge on any atom is 0.331 e. The molecule has 1 heterocycles. The van der Waals surface area contributed by atoms with Gasteiger partial charge in [-0.3, -0.25) is 14.2 Å². The van der Waals surface area contributed by atoms with Crippen molar-refractivity contribution in [3.05, 3.63) is 33.1 Å². The molecule has 0 aliphatic heterocycles. The summed E-state index contributed by atoms with van der Waals surface area (Å²) in [5.74, 6) is -0.389. The van der Waals surface area contributed by atoms with E-state index in [-0.39, 0.29) is 12.5 Å². The highest BCUT2D eigenvalue weighted by Crippen LogP contribution is 1.79. The Morgan fingerprint density at radius 3 is 2.78 bits per heavy atom. The van der Waals surface area contributed by atoms with E-state index in [1.807, 2.05) is 0 Å². The molecule has 0 spiro atoms. The number of hydrogen-bond acceptors (Lipinski definition) is 4. The summed E-state index contributed by atoms with van der Waals surface area (Å²) in [4.78, 5) is 34.8. The fourth-order valence-corrected chi connectivity index (χ4v) is 1.44. The van der Waals surface area contributed by atoms with Gasteiger partial charge in [-0.25, -0.2) is 4.79 Å². The molecule has 7 nitrogen and oxygen atoms in total. The van der Waals surface area contributed by atoms with Crippen LogP contribution in [0.25, 0.3) is 0 Å². The Hall–Kier alpha value is -1.89. The predicted molar refractivity (Wildman–Crippen MR) is 65.5 cm³/mol. The van der Waals surface area contributed by atoms with Crippen LogP contribution in [0.2, 0.25) is 0 Å². The summed E-state index contributed by atoms with van der Waals surface area (Å²) in [7, 11) is 1.52. The second-order valence-electron chi connectivity index (χ2n) is 3.65. The van der Waals surface area contributed by atoms with E-state index in [1.54, 1.807) is 6.92 Å². The maximum atomic E-state index is 11.8. The molecule has 0 atom stereocenters. The van der Waals surface area contributed by atoms with E-state index < -0.39 is 11.2 Å². The SMILES string of the molecule is CCn1ccc(=O)n(CC(=O)NCCOC)c1=O. The first-order valence-corrected chi connectivity index (χ1v) is 5.66. The molecule has 0 fully saturated rings. The minimum atomic E-state index is -0.480. The van der Waals surface area contributed by atoms with Crippen LogP contribution in [0.4, 0.5) is 0 Å². The minimum absolute atomic E-state index is 0.276. The van der Waals surface area contributed by atoms with Crippen molar-refractivity contribution in [2.45, 2.75) is 20.0 Å². The summed E-state index contributed by atoms with van der Waals surface area (Å²) in [6.45, 7) is 2.69. The molecule has 0 saturated heterocycles. The molecule has 0 radical (unpaired) electrons. The fourth-order valence-electron chi connectivity index (χ4n) is 1.44. The van der Waals surface area contributed by atoms with E-state index in [0.717, 1.165) is 4.57 Å². The third-order valence-corrected chi connectivity index (χ3v) is 2.41. The van der Waals surface area contributed by atoms with E-state index in [9.17, 15) is 14.4 Å². The van der Waals surface area contributed by atoms with Gasteiger partial charge in [0.15, 0.2) is 0 Å². The lowest BCUT2D eigenvalue weighted by molar-refractivity contribution is -0.122. The van der Waals surface area contributed by atoms with Crippen molar-refractivity contribution in [2.24, 2.45) is 0 Å². The molecule has 0 bridgehead atoms. The highest BCUT2D eigenvalue weighted by Gasteiger charge is 2.08. The molecule has 1 rings (SSSR count). The van der Waals surface area contributed by atoms with Crippen LogP contribution in [0.1, 0.15) is 6.92 Å². The summed E-state index contributed by atoms with van der Waals surface area (Å²) in [6, 6.07) is 1.27. The molecule has 0 saturated carbocycles. The molecule has 1 aromatic rings. The number of nitrogens with zero attached hydrogens (tertiary/aromatic N) is 2. The first-order chi connectivity index (χ1) is 8.60. The second-order valence-corrected chi connectivity index (χ2v) is 3.65. The van der Waals surface area contributed by atoms with Crippen molar-refractivity contribution < 1.29 is 9.53 Å². The van der Waals surface area contributed by atoms with Crippen molar-refractivity contribution in [1.82, 2.24) is 14.5 Å². The van der Waals surface area contributed by atoms with Gasteiger partial charge in [-0.15, -0.1) is 0 Å². The number of methoxy groups -OCH3 is 1. The molecule has 100 valence electrons. The van der Waals surface area contributed by atoms with Gasteiger partial charge in [-0.2, -0.15) is 0 Å². The second kappa shape index (κ2) is 6.75. The molecule has 0 aliphatic rings. The summed E-state index contributed by atoms with van der Waals surface area (Å²) in [5.41, 5.74) is -0.960.